The van der Waals surface area contributed by atoms with Gasteiger partial charge in [0.2, 0.25) is 5.91 Å². The Morgan fingerprint density at radius 1 is 1.69 bits per heavy atom. The van der Waals surface area contributed by atoms with Crippen molar-refractivity contribution in [3.63, 3.8) is 0 Å². The van der Waals surface area contributed by atoms with Crippen molar-refractivity contribution < 1.29 is 14.6 Å². The number of aliphatic hydroxyl groups excluding tert-OH is 1. The van der Waals surface area contributed by atoms with Crippen molar-refractivity contribution in [2.24, 2.45) is 17.1 Å². The Balaban J connectivity index is 2.64. The van der Waals surface area contributed by atoms with E-state index in [1.54, 1.807) is 6.92 Å². The van der Waals surface area contributed by atoms with E-state index >= 15 is 0 Å². The summed E-state index contributed by atoms with van der Waals surface area (Å²) in [6, 6.07) is -0.504. The van der Waals surface area contributed by atoms with Crippen molar-refractivity contribution in [2.75, 3.05) is 19.8 Å². The number of nitrogens with two attached hydrogens (primary N) is 1. The zero-order chi connectivity index (χ0) is 12.3. The molecule has 0 aliphatic carbocycles. The van der Waals surface area contributed by atoms with Crippen LogP contribution in [0.5, 0.6) is 0 Å². The molecule has 0 bridgehead atoms. The number of carbonyl (C=O) groups excluding carboxylic acids is 1. The van der Waals surface area contributed by atoms with E-state index in [2.05, 4.69) is 5.32 Å². The quantitative estimate of drug-likeness (QED) is 0.607. The summed E-state index contributed by atoms with van der Waals surface area (Å²) in [6.07, 6.45) is 0. The standard InChI is InChI=1S/C11H22N2O3/c1-7(2)8(4-14)13-10(15)11(3)6-16-5-9(11)12/h7-9,14H,4-6,12H2,1-3H3,(H,13,15). The number of amides is 1. The molecule has 0 radical (unpaired) electrons. The number of ether oxygens (including phenoxy) is 1. The Morgan fingerprint density at radius 3 is 2.69 bits per heavy atom. The molecular formula is C11H22N2O3. The first-order valence-electron chi connectivity index (χ1n) is 5.67. The molecule has 1 rings (SSSR count). The molecular weight excluding hydrogens is 208 g/mol. The lowest BCUT2D eigenvalue weighted by atomic mass is 9.84. The first kappa shape index (κ1) is 13.4. The van der Waals surface area contributed by atoms with Crippen LogP contribution in [-0.4, -0.2) is 42.9 Å². The minimum atomic E-state index is -0.678. The third kappa shape index (κ3) is 2.53. The molecule has 16 heavy (non-hydrogen) atoms. The summed E-state index contributed by atoms with van der Waals surface area (Å²) in [5, 5.41) is 12.0. The average Bonchev–Trinajstić information content (AvgIpc) is 2.56. The van der Waals surface area contributed by atoms with Gasteiger partial charge in [0.05, 0.1) is 31.3 Å². The van der Waals surface area contributed by atoms with Crippen LogP contribution < -0.4 is 11.1 Å². The van der Waals surface area contributed by atoms with Crippen LogP contribution >= 0.6 is 0 Å². The predicted molar refractivity (Wildman–Crippen MR) is 60.8 cm³/mol. The molecule has 1 fully saturated rings. The van der Waals surface area contributed by atoms with Gasteiger partial charge in [-0.25, -0.2) is 0 Å². The van der Waals surface area contributed by atoms with E-state index in [0.29, 0.717) is 13.2 Å². The van der Waals surface area contributed by atoms with Gasteiger partial charge in [-0.15, -0.1) is 0 Å². The van der Waals surface area contributed by atoms with Crippen molar-refractivity contribution in [2.45, 2.75) is 32.9 Å². The molecule has 1 heterocycles. The van der Waals surface area contributed by atoms with Crippen molar-refractivity contribution in [3.05, 3.63) is 0 Å². The maximum Gasteiger partial charge on any atom is 0.230 e. The largest absolute Gasteiger partial charge is 0.394 e. The van der Waals surface area contributed by atoms with Gasteiger partial charge in [0, 0.05) is 6.04 Å². The van der Waals surface area contributed by atoms with Crippen LogP contribution in [0.4, 0.5) is 0 Å². The molecule has 5 nitrogen and oxygen atoms in total. The highest BCUT2D eigenvalue weighted by Gasteiger charge is 2.44. The summed E-state index contributed by atoms with van der Waals surface area (Å²) in [7, 11) is 0. The van der Waals surface area contributed by atoms with Gasteiger partial charge in [-0.2, -0.15) is 0 Å². The van der Waals surface area contributed by atoms with Crippen LogP contribution in [0.25, 0.3) is 0 Å². The fourth-order valence-corrected chi connectivity index (χ4v) is 1.68. The maximum absolute atomic E-state index is 12.1. The van der Waals surface area contributed by atoms with E-state index in [-0.39, 0.29) is 30.5 Å². The van der Waals surface area contributed by atoms with Gasteiger partial charge in [0.25, 0.3) is 0 Å². The third-order valence-electron chi connectivity index (χ3n) is 3.35. The summed E-state index contributed by atoms with van der Waals surface area (Å²) >= 11 is 0. The van der Waals surface area contributed by atoms with Gasteiger partial charge >= 0.3 is 0 Å². The fourth-order valence-electron chi connectivity index (χ4n) is 1.68. The first-order valence-corrected chi connectivity index (χ1v) is 5.67. The second-order valence-electron chi connectivity index (χ2n) is 5.05. The van der Waals surface area contributed by atoms with Gasteiger partial charge in [0.1, 0.15) is 0 Å². The second kappa shape index (κ2) is 5.12. The molecule has 3 atom stereocenters. The topological polar surface area (TPSA) is 84.6 Å². The predicted octanol–water partition coefficient (Wildman–Crippen LogP) is -0.517. The SMILES string of the molecule is CC(C)C(CO)NC(=O)C1(C)COCC1N. The summed E-state index contributed by atoms with van der Waals surface area (Å²) in [4.78, 5) is 12.1. The van der Waals surface area contributed by atoms with Crippen molar-refractivity contribution in [1.82, 2.24) is 5.32 Å². The van der Waals surface area contributed by atoms with Crippen LogP contribution in [0.1, 0.15) is 20.8 Å². The number of hydrogen-bond acceptors (Lipinski definition) is 4. The highest BCUT2D eigenvalue weighted by atomic mass is 16.5. The van der Waals surface area contributed by atoms with E-state index in [1.165, 1.54) is 0 Å². The third-order valence-corrected chi connectivity index (χ3v) is 3.35. The van der Waals surface area contributed by atoms with Crippen LogP contribution in [0.15, 0.2) is 0 Å². The summed E-state index contributed by atoms with van der Waals surface area (Å²) in [5.41, 5.74) is 5.18. The Labute approximate surface area is 96.3 Å². The minimum absolute atomic E-state index is 0.0599. The van der Waals surface area contributed by atoms with Gasteiger partial charge < -0.3 is 20.9 Å². The lowest BCUT2D eigenvalue weighted by Gasteiger charge is -2.29. The highest BCUT2D eigenvalue weighted by molar-refractivity contribution is 5.83. The van der Waals surface area contributed by atoms with E-state index in [0.717, 1.165) is 0 Å². The van der Waals surface area contributed by atoms with Crippen LogP contribution in [-0.2, 0) is 9.53 Å². The van der Waals surface area contributed by atoms with Crippen LogP contribution in [0, 0.1) is 11.3 Å². The number of rotatable bonds is 4. The minimum Gasteiger partial charge on any atom is -0.394 e. The molecule has 0 spiro atoms. The van der Waals surface area contributed by atoms with E-state index in [9.17, 15) is 4.79 Å². The van der Waals surface area contributed by atoms with E-state index < -0.39 is 5.41 Å². The molecule has 3 unspecified atom stereocenters. The maximum atomic E-state index is 12.1. The Hall–Kier alpha value is -0.650. The first-order chi connectivity index (χ1) is 7.41. The molecule has 1 aliphatic rings. The number of nitrogens with one attached hydrogen (secondary N) is 1. The van der Waals surface area contributed by atoms with Crippen LogP contribution in [0.2, 0.25) is 0 Å². The fraction of sp³-hybridized carbons (Fsp3) is 0.909. The molecule has 1 aliphatic heterocycles. The molecule has 4 N–H and O–H groups in total. The number of aliphatic hydroxyl groups is 1. The van der Waals surface area contributed by atoms with Crippen molar-refractivity contribution >= 4 is 5.91 Å². The molecule has 1 amide bonds. The van der Waals surface area contributed by atoms with Gasteiger partial charge in [0.15, 0.2) is 0 Å². The lowest BCUT2D eigenvalue weighted by Crippen LogP contribution is -2.54. The molecule has 94 valence electrons. The molecule has 1 saturated heterocycles. The second-order valence-corrected chi connectivity index (χ2v) is 5.05. The molecule has 0 aromatic heterocycles. The Bertz CT molecular complexity index is 258. The smallest absolute Gasteiger partial charge is 0.230 e. The van der Waals surface area contributed by atoms with Gasteiger partial charge in [-0.1, -0.05) is 13.8 Å². The average molecular weight is 230 g/mol. The molecule has 5 heteroatoms. The van der Waals surface area contributed by atoms with Crippen LogP contribution in [0.3, 0.4) is 0 Å². The van der Waals surface area contributed by atoms with Gasteiger partial charge in [-0.3, -0.25) is 4.79 Å². The highest BCUT2D eigenvalue weighted by Crippen LogP contribution is 2.27. The summed E-state index contributed by atoms with van der Waals surface area (Å²) in [5.74, 6) is 0.0568. The Kier molecular flexibility index (Phi) is 4.29. The normalized spacial score (nSPS) is 31.8. The van der Waals surface area contributed by atoms with Crippen molar-refractivity contribution in [3.8, 4) is 0 Å². The lowest BCUT2D eigenvalue weighted by molar-refractivity contribution is -0.132. The summed E-state index contributed by atoms with van der Waals surface area (Å²) in [6.45, 7) is 6.40. The van der Waals surface area contributed by atoms with Gasteiger partial charge in [-0.05, 0) is 12.8 Å². The Morgan fingerprint density at radius 2 is 2.31 bits per heavy atom. The van der Waals surface area contributed by atoms with E-state index in [1.807, 2.05) is 13.8 Å². The number of hydrogen-bond donors (Lipinski definition) is 3. The summed E-state index contributed by atoms with van der Waals surface area (Å²) < 4.78 is 5.22. The zero-order valence-corrected chi connectivity index (χ0v) is 10.2. The molecule has 0 saturated carbocycles. The number of carbonyl (C=O) groups is 1. The molecule has 0 aromatic carbocycles. The van der Waals surface area contributed by atoms with Crippen molar-refractivity contribution in [1.29, 1.82) is 0 Å². The van der Waals surface area contributed by atoms with E-state index in [4.69, 9.17) is 15.6 Å². The molecule has 0 aromatic rings. The zero-order valence-electron chi connectivity index (χ0n) is 10.2. The monoisotopic (exact) mass is 230 g/mol.